The van der Waals surface area contributed by atoms with Gasteiger partial charge in [0, 0.05) is 11.8 Å². The van der Waals surface area contributed by atoms with Crippen molar-refractivity contribution >= 4 is 23.5 Å². The average molecular weight is 449 g/mol. The summed E-state index contributed by atoms with van der Waals surface area (Å²) in [5, 5.41) is 2.72. The van der Waals surface area contributed by atoms with Crippen LogP contribution < -0.4 is 14.8 Å². The summed E-state index contributed by atoms with van der Waals surface area (Å²) in [5.41, 5.74) is 1.96. The normalized spacial score (nSPS) is 10.1. The van der Waals surface area contributed by atoms with Crippen molar-refractivity contribution < 1.29 is 33.3 Å². The van der Waals surface area contributed by atoms with Gasteiger partial charge in [-0.05, 0) is 54.1 Å². The van der Waals surface area contributed by atoms with E-state index in [9.17, 15) is 14.4 Å². The zero-order valence-corrected chi connectivity index (χ0v) is 18.2. The van der Waals surface area contributed by atoms with Gasteiger partial charge in [-0.2, -0.15) is 0 Å². The van der Waals surface area contributed by atoms with Crippen molar-refractivity contribution in [3.05, 3.63) is 89.5 Å². The number of esters is 2. The number of methoxy groups -OCH3 is 2. The molecule has 8 heteroatoms. The molecule has 0 saturated carbocycles. The van der Waals surface area contributed by atoms with Gasteiger partial charge in [-0.3, -0.25) is 4.79 Å². The van der Waals surface area contributed by atoms with E-state index in [1.807, 2.05) is 0 Å². The molecule has 0 unspecified atom stereocenters. The summed E-state index contributed by atoms with van der Waals surface area (Å²) in [4.78, 5) is 36.0. The number of nitrogens with one attached hydrogen (secondary N) is 1. The van der Waals surface area contributed by atoms with Crippen molar-refractivity contribution in [3.8, 4) is 11.5 Å². The van der Waals surface area contributed by atoms with Crippen molar-refractivity contribution in [1.29, 1.82) is 0 Å². The molecule has 33 heavy (non-hydrogen) atoms. The summed E-state index contributed by atoms with van der Waals surface area (Å²) in [7, 11) is 2.85. The van der Waals surface area contributed by atoms with Crippen molar-refractivity contribution in [1.82, 2.24) is 0 Å². The van der Waals surface area contributed by atoms with Gasteiger partial charge >= 0.3 is 11.9 Å². The van der Waals surface area contributed by atoms with E-state index in [4.69, 9.17) is 14.2 Å². The van der Waals surface area contributed by atoms with E-state index in [0.29, 0.717) is 33.9 Å². The molecule has 0 aliphatic heterocycles. The van der Waals surface area contributed by atoms with Crippen LogP contribution in [0.3, 0.4) is 0 Å². The molecule has 0 saturated heterocycles. The maximum Gasteiger partial charge on any atom is 0.338 e. The summed E-state index contributed by atoms with van der Waals surface area (Å²) in [6.45, 7) is -0.191. The predicted octanol–water partition coefficient (Wildman–Crippen LogP) is 3.86. The van der Waals surface area contributed by atoms with Gasteiger partial charge < -0.3 is 24.3 Å². The molecule has 3 aromatic rings. The molecule has 0 aliphatic carbocycles. The Morgan fingerprint density at radius 2 is 1.55 bits per heavy atom. The van der Waals surface area contributed by atoms with Crippen molar-refractivity contribution in [2.75, 3.05) is 26.1 Å². The van der Waals surface area contributed by atoms with E-state index in [1.54, 1.807) is 79.9 Å². The first-order chi connectivity index (χ1) is 16.0. The molecule has 0 fully saturated rings. The Morgan fingerprint density at radius 3 is 2.27 bits per heavy atom. The number of amides is 1. The molecule has 3 aromatic carbocycles. The van der Waals surface area contributed by atoms with Crippen LogP contribution in [0.2, 0.25) is 0 Å². The van der Waals surface area contributed by atoms with E-state index in [2.05, 4.69) is 10.1 Å². The first-order valence-corrected chi connectivity index (χ1v) is 9.99. The molecular formula is C25H23NO7. The predicted molar refractivity (Wildman–Crippen MR) is 120 cm³/mol. The van der Waals surface area contributed by atoms with Crippen LogP contribution in [0.5, 0.6) is 11.5 Å². The molecule has 1 amide bonds. The Hall–Kier alpha value is -4.33. The Labute approximate surface area is 191 Å². The number of hydrogen-bond donors (Lipinski definition) is 1. The highest BCUT2D eigenvalue weighted by molar-refractivity contribution is 5.92. The third-order valence-electron chi connectivity index (χ3n) is 4.53. The molecule has 0 heterocycles. The smallest absolute Gasteiger partial charge is 0.338 e. The van der Waals surface area contributed by atoms with Gasteiger partial charge in [-0.15, -0.1) is 0 Å². The molecule has 170 valence electrons. The fourth-order valence-corrected chi connectivity index (χ4v) is 2.87. The van der Waals surface area contributed by atoms with E-state index >= 15 is 0 Å². The lowest BCUT2D eigenvalue weighted by Gasteiger charge is -2.09. The van der Waals surface area contributed by atoms with E-state index < -0.39 is 11.9 Å². The van der Waals surface area contributed by atoms with E-state index in [1.165, 1.54) is 7.11 Å². The first kappa shape index (κ1) is 23.3. The number of benzene rings is 3. The Kier molecular flexibility index (Phi) is 8.02. The lowest BCUT2D eigenvalue weighted by Crippen LogP contribution is -2.20. The van der Waals surface area contributed by atoms with Gasteiger partial charge in [0.15, 0.2) is 6.61 Å². The van der Waals surface area contributed by atoms with Crippen LogP contribution in [0.4, 0.5) is 5.69 Å². The molecule has 3 rings (SSSR count). The maximum atomic E-state index is 12.3. The number of rotatable bonds is 9. The molecular weight excluding hydrogens is 426 g/mol. The van der Waals surface area contributed by atoms with Crippen LogP contribution in [0.15, 0.2) is 72.8 Å². The molecule has 8 nitrogen and oxygen atoms in total. The van der Waals surface area contributed by atoms with Gasteiger partial charge in [-0.25, -0.2) is 9.59 Å². The third-order valence-corrected chi connectivity index (χ3v) is 4.53. The van der Waals surface area contributed by atoms with Crippen LogP contribution in [-0.4, -0.2) is 38.7 Å². The summed E-state index contributed by atoms with van der Waals surface area (Å²) < 4.78 is 20.6. The molecule has 0 atom stereocenters. The molecule has 1 N–H and O–H groups in total. The quantitative estimate of drug-likeness (QED) is 0.495. The van der Waals surface area contributed by atoms with Gasteiger partial charge in [0.1, 0.15) is 18.1 Å². The minimum absolute atomic E-state index is 0.00631. The Bertz CT molecular complexity index is 1130. The highest BCUT2D eigenvalue weighted by Gasteiger charge is 2.11. The second kappa shape index (κ2) is 11.3. The molecule has 0 aromatic heterocycles. The van der Waals surface area contributed by atoms with Gasteiger partial charge in [-0.1, -0.05) is 18.2 Å². The number of carbonyl (C=O) groups excluding carboxylic acids is 3. The highest BCUT2D eigenvalue weighted by atomic mass is 16.5. The fourth-order valence-electron chi connectivity index (χ4n) is 2.87. The lowest BCUT2D eigenvalue weighted by molar-refractivity contribution is -0.118. The monoisotopic (exact) mass is 449 g/mol. The summed E-state index contributed by atoms with van der Waals surface area (Å²) in [6.07, 6.45) is 0. The van der Waals surface area contributed by atoms with Crippen LogP contribution in [0, 0.1) is 0 Å². The molecule has 0 bridgehead atoms. The SMILES string of the molecule is COC(=O)c1cccc(COC(=O)c2ccc(OCC(=O)Nc3cccc(OC)c3)cc2)c1. The largest absolute Gasteiger partial charge is 0.497 e. The van der Waals surface area contributed by atoms with E-state index in [0.717, 1.165) is 0 Å². The minimum Gasteiger partial charge on any atom is -0.497 e. The van der Waals surface area contributed by atoms with Gasteiger partial charge in [0.05, 0.1) is 25.3 Å². The van der Waals surface area contributed by atoms with Gasteiger partial charge in [0.2, 0.25) is 0 Å². The highest BCUT2D eigenvalue weighted by Crippen LogP contribution is 2.17. The first-order valence-electron chi connectivity index (χ1n) is 9.99. The van der Waals surface area contributed by atoms with Crippen molar-refractivity contribution in [2.45, 2.75) is 6.61 Å². The Morgan fingerprint density at radius 1 is 0.788 bits per heavy atom. The van der Waals surface area contributed by atoms with Crippen molar-refractivity contribution in [3.63, 3.8) is 0 Å². The maximum absolute atomic E-state index is 12.3. The topological polar surface area (TPSA) is 100 Å². The molecule has 0 spiro atoms. The van der Waals surface area contributed by atoms with E-state index in [-0.39, 0.29) is 19.1 Å². The second-order valence-corrected chi connectivity index (χ2v) is 6.86. The lowest BCUT2D eigenvalue weighted by atomic mass is 10.1. The van der Waals surface area contributed by atoms with Crippen LogP contribution in [0.1, 0.15) is 26.3 Å². The van der Waals surface area contributed by atoms with Crippen LogP contribution in [0.25, 0.3) is 0 Å². The number of ether oxygens (including phenoxy) is 4. The summed E-state index contributed by atoms with van der Waals surface area (Å²) in [6, 6.07) is 19.9. The second-order valence-electron chi connectivity index (χ2n) is 6.86. The fraction of sp³-hybridized carbons (Fsp3) is 0.160. The summed E-state index contributed by atoms with van der Waals surface area (Å²) in [5.74, 6) is -0.261. The van der Waals surface area contributed by atoms with Crippen LogP contribution in [-0.2, 0) is 20.9 Å². The summed E-state index contributed by atoms with van der Waals surface area (Å²) >= 11 is 0. The average Bonchev–Trinajstić information content (AvgIpc) is 2.86. The van der Waals surface area contributed by atoms with Crippen molar-refractivity contribution in [2.24, 2.45) is 0 Å². The molecule has 0 radical (unpaired) electrons. The van der Waals surface area contributed by atoms with Crippen LogP contribution >= 0.6 is 0 Å². The zero-order chi connectivity index (χ0) is 23.6. The third kappa shape index (κ3) is 6.83. The number of carbonyl (C=O) groups is 3. The molecule has 0 aliphatic rings. The standard InChI is InChI=1S/C25H23NO7/c1-30-22-8-4-7-20(14-22)26-23(27)16-32-21-11-9-18(10-12-21)25(29)33-15-17-5-3-6-19(13-17)24(28)31-2/h3-14H,15-16H2,1-2H3,(H,26,27). The Balaban J connectivity index is 1.48. The zero-order valence-electron chi connectivity index (χ0n) is 18.2. The minimum atomic E-state index is -0.527. The van der Waals surface area contributed by atoms with Gasteiger partial charge in [0.25, 0.3) is 5.91 Å². The number of hydrogen-bond acceptors (Lipinski definition) is 7. The number of anilines is 1.